The third kappa shape index (κ3) is 5.75. The van der Waals surface area contributed by atoms with E-state index in [1.807, 2.05) is 19.1 Å². The molecule has 0 bridgehead atoms. The van der Waals surface area contributed by atoms with Crippen LogP contribution in [0.5, 0.6) is 0 Å². The van der Waals surface area contributed by atoms with Gasteiger partial charge >= 0.3 is 0 Å². The Morgan fingerprint density at radius 1 is 1.03 bits per heavy atom. The second kappa shape index (κ2) is 10.6. The second-order valence-corrected chi connectivity index (χ2v) is 11.4. The van der Waals surface area contributed by atoms with E-state index in [1.54, 1.807) is 24.3 Å². The first-order valence-electron chi connectivity index (χ1n) is 12.5. The van der Waals surface area contributed by atoms with Gasteiger partial charge in [-0.05, 0) is 87.7 Å². The fourth-order valence-electron chi connectivity index (χ4n) is 4.92. The number of aryl methyl sites for hydroxylation is 1. The number of piperidine rings is 1. The van der Waals surface area contributed by atoms with Crippen molar-refractivity contribution in [2.75, 3.05) is 49.5 Å². The summed E-state index contributed by atoms with van der Waals surface area (Å²) in [5, 5.41) is 21.7. The average molecular weight is 512 g/mol. The molecule has 11 heteroatoms. The molecule has 2 aliphatic rings. The Balaban J connectivity index is 1.24. The Morgan fingerprint density at radius 2 is 1.81 bits per heavy atom. The number of aliphatic hydroxyl groups is 1. The van der Waals surface area contributed by atoms with E-state index < -0.39 is 10.0 Å². The fraction of sp³-hybridized carbons (Fsp3) is 0.480. The Labute approximate surface area is 211 Å². The first-order chi connectivity index (χ1) is 17.4. The Morgan fingerprint density at radius 3 is 2.56 bits per heavy atom. The molecule has 2 aliphatic heterocycles. The lowest BCUT2D eigenvalue weighted by Gasteiger charge is -2.33. The molecule has 1 aromatic heterocycles. The van der Waals surface area contributed by atoms with Crippen molar-refractivity contribution in [1.29, 1.82) is 0 Å². The van der Waals surface area contributed by atoms with Crippen molar-refractivity contribution in [2.45, 2.75) is 43.6 Å². The first-order valence-corrected chi connectivity index (χ1v) is 14.0. The Hall–Kier alpha value is -2.86. The van der Waals surface area contributed by atoms with E-state index in [1.165, 1.54) is 12.8 Å². The van der Waals surface area contributed by atoms with Crippen LogP contribution in [0.1, 0.15) is 31.2 Å². The highest BCUT2D eigenvalue weighted by Crippen LogP contribution is 2.28. The third-order valence-corrected chi connectivity index (χ3v) is 8.33. The highest BCUT2D eigenvalue weighted by Gasteiger charge is 2.20. The van der Waals surface area contributed by atoms with Crippen LogP contribution in [-0.4, -0.2) is 79.0 Å². The molecule has 0 amide bonds. The van der Waals surface area contributed by atoms with E-state index in [2.05, 4.69) is 35.0 Å². The van der Waals surface area contributed by atoms with Crippen molar-refractivity contribution < 1.29 is 13.5 Å². The summed E-state index contributed by atoms with van der Waals surface area (Å²) in [7, 11) is -3.56. The number of aromatic nitrogens is 3. The van der Waals surface area contributed by atoms with Gasteiger partial charge in [-0.15, -0.1) is 10.2 Å². The molecule has 0 saturated carbocycles. The largest absolute Gasteiger partial charge is 0.391 e. The van der Waals surface area contributed by atoms with E-state index in [0.29, 0.717) is 35.8 Å². The fourth-order valence-corrected chi connectivity index (χ4v) is 5.94. The number of aliphatic hydroxyl groups excluding tert-OH is 1. The van der Waals surface area contributed by atoms with Gasteiger partial charge in [0.15, 0.2) is 0 Å². The van der Waals surface area contributed by atoms with Crippen LogP contribution in [0.2, 0.25) is 0 Å². The number of hydrogen-bond donors (Lipinski definition) is 3. The lowest BCUT2D eigenvalue weighted by Crippen LogP contribution is -2.38. The lowest BCUT2D eigenvalue weighted by atomic mass is 10.1. The first kappa shape index (κ1) is 24.8. The summed E-state index contributed by atoms with van der Waals surface area (Å²) in [5.41, 5.74) is 4.18. The Bertz CT molecular complexity index is 1310. The van der Waals surface area contributed by atoms with Gasteiger partial charge in [0, 0.05) is 37.6 Å². The van der Waals surface area contributed by atoms with Gasteiger partial charge in [0.1, 0.15) is 5.52 Å². The summed E-state index contributed by atoms with van der Waals surface area (Å²) in [6.07, 6.45) is 3.85. The van der Waals surface area contributed by atoms with Crippen LogP contribution in [0.3, 0.4) is 0 Å². The molecular weight excluding hydrogens is 478 g/mol. The molecule has 0 spiro atoms. The van der Waals surface area contributed by atoms with Crippen LogP contribution in [0.25, 0.3) is 11.0 Å². The molecule has 0 aliphatic carbocycles. The molecule has 2 fully saturated rings. The van der Waals surface area contributed by atoms with Crippen LogP contribution in [-0.2, 0) is 10.0 Å². The number of hydrogen-bond acceptors (Lipinski definition) is 9. The summed E-state index contributed by atoms with van der Waals surface area (Å²) in [4.78, 5) is 9.27. The maximum Gasteiger partial charge on any atom is 0.247 e. The SMILES string of the molecule is Cc1cc2nc(Nc3ccc(S(=O)(=O)NCCN4CCCC4)cc3)nnc2cc1N1CCCC(O)C1. The number of β-amino-alcohol motifs (C(OH)–C–C–N with tert-alkyl or cyclic N) is 1. The number of rotatable bonds is 8. The summed E-state index contributed by atoms with van der Waals surface area (Å²) in [5.74, 6) is 0.336. The maximum absolute atomic E-state index is 12.6. The number of sulfonamides is 1. The molecule has 36 heavy (non-hydrogen) atoms. The quantitative estimate of drug-likeness (QED) is 0.418. The molecule has 1 atom stereocenters. The van der Waals surface area contributed by atoms with Gasteiger partial charge in [-0.1, -0.05) is 0 Å². The van der Waals surface area contributed by atoms with Gasteiger partial charge in [0.05, 0.1) is 16.5 Å². The van der Waals surface area contributed by atoms with Crippen LogP contribution < -0.4 is 14.9 Å². The minimum absolute atomic E-state index is 0.220. The zero-order chi connectivity index (χ0) is 25.1. The molecule has 10 nitrogen and oxygen atoms in total. The molecule has 2 aromatic carbocycles. The smallest absolute Gasteiger partial charge is 0.247 e. The molecule has 2 saturated heterocycles. The van der Waals surface area contributed by atoms with Crippen LogP contribution >= 0.6 is 0 Å². The summed E-state index contributed by atoms with van der Waals surface area (Å²) < 4.78 is 27.9. The van der Waals surface area contributed by atoms with Gasteiger partial charge in [0.2, 0.25) is 16.0 Å². The van der Waals surface area contributed by atoms with E-state index in [0.717, 1.165) is 50.3 Å². The van der Waals surface area contributed by atoms with Crippen molar-refractivity contribution >= 4 is 38.4 Å². The molecule has 192 valence electrons. The highest BCUT2D eigenvalue weighted by molar-refractivity contribution is 7.89. The van der Waals surface area contributed by atoms with E-state index in [-0.39, 0.29) is 11.0 Å². The molecule has 3 heterocycles. The zero-order valence-electron chi connectivity index (χ0n) is 20.5. The lowest BCUT2D eigenvalue weighted by molar-refractivity contribution is 0.154. The highest BCUT2D eigenvalue weighted by atomic mass is 32.2. The second-order valence-electron chi connectivity index (χ2n) is 9.60. The standard InChI is InChI=1S/C25H33N7O3S/c1-18-15-22-23(16-24(18)32-13-4-5-20(33)17-32)29-30-25(28-22)27-19-6-8-21(9-7-19)36(34,35)26-10-14-31-11-2-3-12-31/h6-9,15-16,20,26,33H,2-5,10-14,17H2,1H3,(H,27,28,30). The average Bonchev–Trinajstić information content (AvgIpc) is 3.37. The molecule has 5 rings (SSSR count). The third-order valence-electron chi connectivity index (χ3n) is 6.85. The van der Waals surface area contributed by atoms with Crippen molar-refractivity contribution in [3.63, 3.8) is 0 Å². The van der Waals surface area contributed by atoms with Gasteiger partial charge in [0.25, 0.3) is 0 Å². The van der Waals surface area contributed by atoms with E-state index in [9.17, 15) is 13.5 Å². The van der Waals surface area contributed by atoms with Gasteiger partial charge < -0.3 is 20.2 Å². The normalized spacial score (nSPS) is 19.2. The van der Waals surface area contributed by atoms with Crippen LogP contribution in [0.15, 0.2) is 41.3 Å². The molecule has 3 aromatic rings. The number of fused-ring (bicyclic) bond motifs is 1. The number of benzene rings is 2. The van der Waals surface area contributed by atoms with E-state index >= 15 is 0 Å². The molecule has 0 radical (unpaired) electrons. The Kier molecular flexibility index (Phi) is 7.33. The van der Waals surface area contributed by atoms with Gasteiger partial charge in [-0.25, -0.2) is 18.1 Å². The summed E-state index contributed by atoms with van der Waals surface area (Å²) in [6, 6.07) is 10.5. The topological polar surface area (TPSA) is 124 Å². The predicted octanol–water partition coefficient (Wildman–Crippen LogP) is 2.41. The van der Waals surface area contributed by atoms with Crippen LogP contribution in [0, 0.1) is 6.92 Å². The number of likely N-dealkylation sites (tertiary alicyclic amines) is 1. The van der Waals surface area contributed by atoms with Crippen molar-refractivity contribution in [1.82, 2.24) is 24.8 Å². The predicted molar refractivity (Wildman–Crippen MR) is 140 cm³/mol. The number of nitrogens with zero attached hydrogens (tertiary/aromatic N) is 5. The van der Waals surface area contributed by atoms with Crippen molar-refractivity contribution in [3.8, 4) is 0 Å². The molecule has 1 unspecified atom stereocenters. The minimum atomic E-state index is -3.56. The van der Waals surface area contributed by atoms with E-state index in [4.69, 9.17) is 0 Å². The number of anilines is 3. The van der Waals surface area contributed by atoms with Gasteiger partial charge in [-0.3, -0.25) is 0 Å². The van der Waals surface area contributed by atoms with Crippen molar-refractivity contribution in [3.05, 3.63) is 42.0 Å². The molecule has 3 N–H and O–H groups in total. The molecular formula is C25H33N7O3S. The number of nitrogens with one attached hydrogen (secondary N) is 2. The monoisotopic (exact) mass is 511 g/mol. The summed E-state index contributed by atoms with van der Waals surface area (Å²) >= 11 is 0. The van der Waals surface area contributed by atoms with Crippen molar-refractivity contribution in [2.24, 2.45) is 0 Å². The summed E-state index contributed by atoms with van der Waals surface area (Å²) in [6.45, 7) is 6.76. The minimum Gasteiger partial charge on any atom is -0.391 e. The zero-order valence-corrected chi connectivity index (χ0v) is 21.3. The van der Waals surface area contributed by atoms with Gasteiger partial charge in [-0.2, -0.15) is 0 Å². The van der Waals surface area contributed by atoms with Crippen LogP contribution in [0.4, 0.5) is 17.3 Å². The maximum atomic E-state index is 12.6.